The van der Waals surface area contributed by atoms with Crippen molar-refractivity contribution in [3.8, 4) is 0 Å². The van der Waals surface area contributed by atoms with Gasteiger partial charge in [0, 0.05) is 6.20 Å². The van der Waals surface area contributed by atoms with Crippen LogP contribution in [0.15, 0.2) is 11.2 Å². The van der Waals surface area contributed by atoms with Crippen LogP contribution in [0, 0.1) is 6.92 Å². The predicted molar refractivity (Wildman–Crippen MR) is 76.6 cm³/mol. The molecule has 6 heteroatoms. The van der Waals surface area contributed by atoms with Crippen LogP contribution < -0.4 is 10.9 Å². The molecule has 0 fully saturated rings. The molecule has 0 aliphatic heterocycles. The minimum atomic E-state index is -0.541. The van der Waals surface area contributed by atoms with Crippen LogP contribution in [0.25, 0.3) is 0 Å². The Morgan fingerprint density at radius 3 is 2.28 bits per heavy atom. The topological polar surface area (TPSA) is 83.3 Å². The minimum absolute atomic E-state index is 0.472. The molecule has 1 aromatic heterocycles. The average molecular weight is 273 g/mol. The molecule has 0 aliphatic carbocycles. The van der Waals surface area contributed by atoms with Gasteiger partial charge in [-0.25, -0.2) is 9.36 Å². The highest BCUT2D eigenvalue weighted by molar-refractivity contribution is 7.97. The summed E-state index contributed by atoms with van der Waals surface area (Å²) in [7, 11) is 0. The highest BCUT2D eigenvalue weighted by Crippen LogP contribution is 2.27. The molecule has 0 bridgehead atoms. The standard InChI is InChI=1S/C10H17N3O2S.C2H6/c1-6-5-13(8(16-12)7(6)11)9(14)15-10(2,3)4;1-2/h5H,11-12H2,1-4H3;1-2H3. The monoisotopic (exact) mass is 273 g/mol. The number of carbonyl (C=O) groups is 1. The van der Waals surface area contributed by atoms with E-state index in [2.05, 4.69) is 0 Å². The number of rotatable bonds is 1. The molecule has 0 spiro atoms. The largest absolute Gasteiger partial charge is 0.443 e. The van der Waals surface area contributed by atoms with Crippen molar-refractivity contribution < 1.29 is 9.53 Å². The Labute approximate surface area is 113 Å². The van der Waals surface area contributed by atoms with Crippen LogP contribution in [0.5, 0.6) is 0 Å². The van der Waals surface area contributed by atoms with E-state index in [-0.39, 0.29) is 0 Å². The summed E-state index contributed by atoms with van der Waals surface area (Å²) in [6.45, 7) is 11.2. The first kappa shape index (κ1) is 16.9. The number of hydrogen-bond acceptors (Lipinski definition) is 5. The van der Waals surface area contributed by atoms with Crippen molar-refractivity contribution in [1.82, 2.24) is 4.57 Å². The number of nitrogen functional groups attached to an aromatic ring is 1. The van der Waals surface area contributed by atoms with Gasteiger partial charge in [0.1, 0.15) is 10.6 Å². The lowest BCUT2D eigenvalue weighted by Crippen LogP contribution is -2.27. The van der Waals surface area contributed by atoms with E-state index in [1.807, 2.05) is 20.8 Å². The van der Waals surface area contributed by atoms with Gasteiger partial charge in [-0.3, -0.25) is 5.14 Å². The number of aryl methyl sites for hydroxylation is 1. The van der Waals surface area contributed by atoms with Gasteiger partial charge in [0.25, 0.3) is 0 Å². The Kier molecular flexibility index (Phi) is 6.28. The van der Waals surface area contributed by atoms with Crippen molar-refractivity contribution >= 4 is 23.7 Å². The molecule has 104 valence electrons. The van der Waals surface area contributed by atoms with Gasteiger partial charge in [0.15, 0.2) is 0 Å². The van der Waals surface area contributed by atoms with Gasteiger partial charge in [-0.15, -0.1) is 0 Å². The van der Waals surface area contributed by atoms with Gasteiger partial charge in [-0.1, -0.05) is 13.8 Å². The van der Waals surface area contributed by atoms with Gasteiger partial charge in [0.2, 0.25) is 0 Å². The molecule has 0 saturated carbocycles. The number of hydrogen-bond donors (Lipinski definition) is 2. The Bertz CT molecular complexity index is 408. The van der Waals surface area contributed by atoms with Crippen molar-refractivity contribution in [2.75, 3.05) is 5.73 Å². The fraction of sp³-hybridized carbons (Fsp3) is 0.583. The van der Waals surface area contributed by atoms with Crippen molar-refractivity contribution in [3.05, 3.63) is 11.8 Å². The highest BCUT2D eigenvalue weighted by Gasteiger charge is 2.21. The summed E-state index contributed by atoms with van der Waals surface area (Å²) in [4.78, 5) is 11.8. The second kappa shape index (κ2) is 6.70. The number of nitrogens with zero attached hydrogens (tertiary/aromatic N) is 1. The second-order valence-corrected chi connectivity index (χ2v) is 5.12. The maximum Gasteiger partial charge on any atom is 0.419 e. The summed E-state index contributed by atoms with van der Waals surface area (Å²) in [6, 6.07) is 0. The smallest absolute Gasteiger partial charge is 0.419 e. The molecule has 0 aliphatic rings. The zero-order chi connectivity index (χ0) is 14.5. The normalized spacial score (nSPS) is 10.6. The van der Waals surface area contributed by atoms with Crippen LogP contribution >= 0.6 is 11.9 Å². The molecular weight excluding hydrogens is 250 g/mol. The maximum atomic E-state index is 11.8. The van der Waals surface area contributed by atoms with Crippen molar-refractivity contribution in [1.29, 1.82) is 0 Å². The third-order valence-corrected chi connectivity index (χ3v) is 2.54. The van der Waals surface area contributed by atoms with Crippen LogP contribution in [0.3, 0.4) is 0 Å². The molecule has 18 heavy (non-hydrogen) atoms. The zero-order valence-corrected chi connectivity index (χ0v) is 12.7. The van der Waals surface area contributed by atoms with E-state index in [0.29, 0.717) is 10.7 Å². The summed E-state index contributed by atoms with van der Waals surface area (Å²) >= 11 is 0.934. The van der Waals surface area contributed by atoms with E-state index in [0.717, 1.165) is 17.5 Å². The molecule has 1 aromatic rings. The number of anilines is 1. The Morgan fingerprint density at radius 1 is 1.39 bits per heavy atom. The quantitative estimate of drug-likeness (QED) is 0.768. The lowest BCUT2D eigenvalue weighted by Gasteiger charge is -2.20. The number of ether oxygens (including phenoxy) is 1. The zero-order valence-electron chi connectivity index (χ0n) is 11.9. The molecule has 1 rings (SSSR count). The van der Waals surface area contributed by atoms with Gasteiger partial charge < -0.3 is 10.5 Å². The Hall–Kier alpha value is -1.14. The first-order chi connectivity index (χ1) is 8.26. The van der Waals surface area contributed by atoms with Gasteiger partial charge in [-0.05, 0) is 45.2 Å². The molecule has 0 aromatic carbocycles. The van der Waals surface area contributed by atoms with Gasteiger partial charge in [0.05, 0.1) is 5.69 Å². The molecule has 0 unspecified atom stereocenters. The van der Waals surface area contributed by atoms with E-state index in [1.54, 1.807) is 27.0 Å². The predicted octanol–water partition coefficient (Wildman–Crippen LogP) is 3.15. The molecule has 0 amide bonds. The SMILES string of the molecule is CC.Cc1cn(C(=O)OC(C)(C)C)c(SN)c1N. The minimum Gasteiger partial charge on any atom is -0.443 e. The first-order valence-electron chi connectivity index (χ1n) is 5.83. The van der Waals surface area contributed by atoms with Crippen LogP contribution in [-0.4, -0.2) is 16.3 Å². The molecule has 0 radical (unpaired) electrons. The van der Waals surface area contributed by atoms with E-state index < -0.39 is 11.7 Å². The summed E-state index contributed by atoms with van der Waals surface area (Å²) in [6.07, 6.45) is 1.15. The van der Waals surface area contributed by atoms with E-state index in [1.165, 1.54) is 4.57 Å². The fourth-order valence-corrected chi connectivity index (χ4v) is 1.72. The van der Waals surface area contributed by atoms with Crippen LogP contribution in [-0.2, 0) is 4.74 Å². The van der Waals surface area contributed by atoms with Crippen molar-refractivity contribution in [2.24, 2.45) is 5.14 Å². The molecule has 0 saturated heterocycles. The fourth-order valence-electron chi connectivity index (χ4n) is 1.19. The average Bonchev–Trinajstić information content (AvgIpc) is 2.56. The lowest BCUT2D eigenvalue weighted by atomic mass is 10.2. The third-order valence-electron chi connectivity index (χ3n) is 1.90. The van der Waals surface area contributed by atoms with Crippen LogP contribution in [0.1, 0.15) is 40.2 Å². The first-order valence-corrected chi connectivity index (χ1v) is 6.71. The molecular formula is C12H23N3O2S. The summed E-state index contributed by atoms with van der Waals surface area (Å²) in [5, 5.41) is 5.98. The van der Waals surface area contributed by atoms with Gasteiger partial charge >= 0.3 is 6.09 Å². The number of carbonyl (C=O) groups excluding carboxylic acids is 1. The van der Waals surface area contributed by atoms with Crippen molar-refractivity contribution in [3.63, 3.8) is 0 Å². The lowest BCUT2D eigenvalue weighted by molar-refractivity contribution is 0.0524. The van der Waals surface area contributed by atoms with Crippen LogP contribution in [0.4, 0.5) is 10.5 Å². The number of nitrogens with two attached hydrogens (primary N) is 2. The maximum absolute atomic E-state index is 11.8. The molecule has 1 heterocycles. The summed E-state index contributed by atoms with van der Waals surface area (Å²) in [5.74, 6) is 0. The highest BCUT2D eigenvalue weighted by atomic mass is 32.2. The van der Waals surface area contributed by atoms with E-state index in [4.69, 9.17) is 15.6 Å². The molecule has 0 atom stereocenters. The molecule has 4 N–H and O–H groups in total. The van der Waals surface area contributed by atoms with Crippen LogP contribution in [0.2, 0.25) is 0 Å². The van der Waals surface area contributed by atoms with E-state index in [9.17, 15) is 4.79 Å². The summed E-state index contributed by atoms with van der Waals surface area (Å²) < 4.78 is 6.57. The van der Waals surface area contributed by atoms with Gasteiger partial charge in [-0.2, -0.15) is 0 Å². The Morgan fingerprint density at radius 2 is 1.89 bits per heavy atom. The summed E-state index contributed by atoms with van der Waals surface area (Å²) in [5.41, 5.74) is 6.56. The molecule has 5 nitrogen and oxygen atoms in total. The number of aromatic nitrogens is 1. The second-order valence-electron chi connectivity index (χ2n) is 4.50. The Balaban J connectivity index is 0.00000137. The third kappa shape index (κ3) is 4.27. The van der Waals surface area contributed by atoms with Crippen molar-refractivity contribution in [2.45, 2.75) is 52.2 Å². The van der Waals surface area contributed by atoms with E-state index >= 15 is 0 Å².